The zero-order valence-electron chi connectivity index (χ0n) is 11.1. The monoisotopic (exact) mass is 327 g/mol. The number of hydrogen-bond donors (Lipinski definition) is 1. The van der Waals surface area contributed by atoms with Crippen molar-refractivity contribution in [3.63, 3.8) is 0 Å². The first-order chi connectivity index (χ1) is 7.84. The molecule has 0 aliphatic heterocycles. The first kappa shape index (κ1) is 17.0. The Kier molecular flexibility index (Phi) is 7.50. The van der Waals surface area contributed by atoms with E-state index in [1.807, 2.05) is 13.8 Å². The van der Waals surface area contributed by atoms with Crippen LogP contribution in [0.2, 0.25) is 6.04 Å². The SMILES string of the molecule is CCC(=O)NCC(C)(Br)C[Si](OC)(OC)OC. The highest BCUT2D eigenvalue weighted by Gasteiger charge is 2.44. The van der Waals surface area contributed by atoms with Crippen molar-refractivity contribution < 1.29 is 18.1 Å². The number of rotatable bonds is 8. The lowest BCUT2D eigenvalue weighted by molar-refractivity contribution is -0.120. The van der Waals surface area contributed by atoms with E-state index in [-0.39, 0.29) is 10.2 Å². The van der Waals surface area contributed by atoms with Gasteiger partial charge in [0.15, 0.2) is 0 Å². The Labute approximate surface area is 113 Å². The fraction of sp³-hybridized carbons (Fsp3) is 0.900. The first-order valence-electron chi connectivity index (χ1n) is 5.46. The van der Waals surface area contributed by atoms with Crippen LogP contribution in [-0.2, 0) is 18.1 Å². The van der Waals surface area contributed by atoms with Gasteiger partial charge in [-0.1, -0.05) is 22.9 Å². The van der Waals surface area contributed by atoms with E-state index in [9.17, 15) is 4.79 Å². The van der Waals surface area contributed by atoms with E-state index in [4.69, 9.17) is 13.3 Å². The summed E-state index contributed by atoms with van der Waals surface area (Å²) in [6, 6.07) is 0.577. The summed E-state index contributed by atoms with van der Waals surface area (Å²) in [7, 11) is 2.10. The molecule has 0 aliphatic carbocycles. The van der Waals surface area contributed by atoms with Crippen LogP contribution in [0, 0.1) is 0 Å². The molecule has 0 bridgehead atoms. The van der Waals surface area contributed by atoms with E-state index >= 15 is 0 Å². The Morgan fingerprint density at radius 2 is 1.76 bits per heavy atom. The number of carbonyl (C=O) groups excluding carboxylic acids is 1. The molecule has 0 fully saturated rings. The van der Waals surface area contributed by atoms with Crippen LogP contribution in [0.25, 0.3) is 0 Å². The average molecular weight is 328 g/mol. The predicted octanol–water partition coefficient (Wildman–Crippen LogP) is 1.54. The molecule has 102 valence electrons. The summed E-state index contributed by atoms with van der Waals surface area (Å²) in [4.78, 5) is 11.2. The van der Waals surface area contributed by atoms with E-state index in [0.29, 0.717) is 19.0 Å². The van der Waals surface area contributed by atoms with Crippen molar-refractivity contribution in [1.82, 2.24) is 5.32 Å². The number of carbonyl (C=O) groups is 1. The molecule has 0 aromatic rings. The van der Waals surface area contributed by atoms with Gasteiger partial charge < -0.3 is 18.6 Å². The highest BCUT2D eigenvalue weighted by Crippen LogP contribution is 2.29. The number of amides is 1. The summed E-state index contributed by atoms with van der Waals surface area (Å²) in [6.45, 7) is 4.30. The summed E-state index contributed by atoms with van der Waals surface area (Å²) < 4.78 is 15.8. The normalized spacial score (nSPS) is 15.4. The Morgan fingerprint density at radius 3 is 2.12 bits per heavy atom. The van der Waals surface area contributed by atoms with Crippen LogP contribution in [-0.4, -0.2) is 46.9 Å². The van der Waals surface area contributed by atoms with Crippen LogP contribution >= 0.6 is 15.9 Å². The van der Waals surface area contributed by atoms with Crippen LogP contribution < -0.4 is 5.32 Å². The molecular weight excluding hydrogens is 306 g/mol. The van der Waals surface area contributed by atoms with E-state index < -0.39 is 8.80 Å². The lowest BCUT2D eigenvalue weighted by atomic mass is 10.2. The molecule has 0 heterocycles. The zero-order chi connectivity index (χ0) is 13.5. The second-order valence-corrected chi connectivity index (χ2v) is 8.87. The topological polar surface area (TPSA) is 56.8 Å². The largest absolute Gasteiger partial charge is 0.501 e. The highest BCUT2D eigenvalue weighted by molar-refractivity contribution is 9.10. The maximum absolute atomic E-state index is 11.2. The predicted molar refractivity (Wildman–Crippen MR) is 72.2 cm³/mol. The lowest BCUT2D eigenvalue weighted by Gasteiger charge is -2.32. The van der Waals surface area contributed by atoms with Crippen molar-refractivity contribution >= 4 is 30.6 Å². The standard InChI is InChI=1S/C10H22BrNO4Si/c1-6-9(13)12-7-10(2,11)8-17(14-3,15-4)16-5/h6-8H2,1-5H3,(H,12,13). The number of hydrogen-bond acceptors (Lipinski definition) is 4. The molecule has 5 nitrogen and oxygen atoms in total. The third-order valence-electron chi connectivity index (χ3n) is 2.49. The molecule has 0 aliphatic rings. The third-order valence-corrected chi connectivity index (χ3v) is 6.65. The molecule has 7 heteroatoms. The molecular formula is C10H22BrNO4Si. The molecule has 1 N–H and O–H groups in total. The highest BCUT2D eigenvalue weighted by atomic mass is 79.9. The van der Waals surface area contributed by atoms with Gasteiger partial charge in [0.25, 0.3) is 0 Å². The van der Waals surface area contributed by atoms with Crippen molar-refractivity contribution in [2.75, 3.05) is 27.9 Å². The van der Waals surface area contributed by atoms with Crippen molar-refractivity contribution in [1.29, 1.82) is 0 Å². The van der Waals surface area contributed by atoms with Crippen molar-refractivity contribution in [3.05, 3.63) is 0 Å². The van der Waals surface area contributed by atoms with Crippen LogP contribution in [0.1, 0.15) is 20.3 Å². The molecule has 0 aromatic heterocycles. The van der Waals surface area contributed by atoms with Crippen LogP contribution in [0.4, 0.5) is 0 Å². The Bertz CT molecular complexity index is 238. The average Bonchev–Trinajstić information content (AvgIpc) is 2.33. The smallest absolute Gasteiger partial charge is 0.377 e. The van der Waals surface area contributed by atoms with E-state index in [0.717, 1.165) is 0 Å². The van der Waals surface area contributed by atoms with Crippen LogP contribution in [0.3, 0.4) is 0 Å². The molecule has 0 radical (unpaired) electrons. The van der Waals surface area contributed by atoms with Gasteiger partial charge in [-0.2, -0.15) is 0 Å². The van der Waals surface area contributed by atoms with Crippen LogP contribution in [0.15, 0.2) is 0 Å². The summed E-state index contributed by atoms with van der Waals surface area (Å²) >= 11 is 3.58. The maximum Gasteiger partial charge on any atom is 0.501 e. The second-order valence-electron chi connectivity index (χ2n) is 4.02. The number of halogens is 1. The maximum atomic E-state index is 11.2. The lowest BCUT2D eigenvalue weighted by Crippen LogP contribution is -2.50. The van der Waals surface area contributed by atoms with Gasteiger partial charge in [0.05, 0.1) is 0 Å². The van der Waals surface area contributed by atoms with Crippen molar-refractivity contribution in [3.8, 4) is 0 Å². The number of nitrogens with one attached hydrogen (secondary N) is 1. The Balaban J connectivity index is 4.44. The van der Waals surface area contributed by atoms with Gasteiger partial charge in [-0.25, -0.2) is 0 Å². The van der Waals surface area contributed by atoms with Crippen molar-refractivity contribution in [2.45, 2.75) is 30.6 Å². The summed E-state index contributed by atoms with van der Waals surface area (Å²) in [6.07, 6.45) is 0.477. The molecule has 0 aromatic carbocycles. The van der Waals surface area contributed by atoms with Gasteiger partial charge >= 0.3 is 8.80 Å². The Morgan fingerprint density at radius 1 is 1.29 bits per heavy atom. The van der Waals surface area contributed by atoms with E-state index in [2.05, 4.69) is 21.2 Å². The molecule has 0 spiro atoms. The molecule has 1 unspecified atom stereocenters. The van der Waals surface area contributed by atoms with Gasteiger partial charge in [0.1, 0.15) is 0 Å². The fourth-order valence-electron chi connectivity index (χ4n) is 1.39. The van der Waals surface area contributed by atoms with Crippen LogP contribution in [0.5, 0.6) is 0 Å². The molecule has 0 saturated heterocycles. The minimum Gasteiger partial charge on any atom is -0.377 e. The summed E-state index contributed by atoms with van der Waals surface area (Å²) in [5.41, 5.74) is 0. The second kappa shape index (κ2) is 7.47. The summed E-state index contributed by atoms with van der Waals surface area (Å²) in [5, 5.41) is 2.84. The number of alkyl halides is 1. The first-order valence-corrected chi connectivity index (χ1v) is 8.18. The molecule has 1 amide bonds. The van der Waals surface area contributed by atoms with Gasteiger partial charge in [0.2, 0.25) is 5.91 Å². The van der Waals surface area contributed by atoms with Crippen molar-refractivity contribution in [2.24, 2.45) is 0 Å². The van der Waals surface area contributed by atoms with E-state index in [1.54, 1.807) is 21.3 Å². The minimum absolute atomic E-state index is 0.0233. The molecule has 1 atom stereocenters. The zero-order valence-corrected chi connectivity index (χ0v) is 13.7. The van der Waals surface area contributed by atoms with E-state index in [1.165, 1.54) is 0 Å². The van der Waals surface area contributed by atoms with Gasteiger partial charge in [-0.3, -0.25) is 4.79 Å². The summed E-state index contributed by atoms with van der Waals surface area (Å²) in [5.74, 6) is 0.0233. The van der Waals surface area contributed by atoms with Gasteiger partial charge in [-0.15, -0.1) is 0 Å². The van der Waals surface area contributed by atoms with Gasteiger partial charge in [-0.05, 0) is 6.92 Å². The van der Waals surface area contributed by atoms with Gasteiger partial charge in [0, 0.05) is 44.7 Å². The molecule has 0 saturated carbocycles. The molecule has 0 rings (SSSR count). The quantitative estimate of drug-likeness (QED) is 0.542. The third kappa shape index (κ3) is 5.96. The Hall–Kier alpha value is 0.0469. The molecule has 17 heavy (non-hydrogen) atoms. The fourth-order valence-corrected chi connectivity index (χ4v) is 4.52. The minimum atomic E-state index is -2.63.